The topological polar surface area (TPSA) is 46.1 Å². The van der Waals surface area contributed by atoms with E-state index in [9.17, 15) is 4.79 Å². The van der Waals surface area contributed by atoms with E-state index in [4.69, 9.17) is 0 Å². The second-order valence-electron chi connectivity index (χ2n) is 6.19. The summed E-state index contributed by atoms with van der Waals surface area (Å²) in [6, 6.07) is 6.16. The van der Waals surface area contributed by atoms with Crippen LogP contribution in [0.2, 0.25) is 0 Å². The van der Waals surface area contributed by atoms with Crippen molar-refractivity contribution in [3.63, 3.8) is 0 Å². The van der Waals surface area contributed by atoms with Gasteiger partial charge in [-0.05, 0) is 31.0 Å². The Morgan fingerprint density at radius 3 is 2.83 bits per heavy atom. The zero-order chi connectivity index (χ0) is 16.4. The summed E-state index contributed by atoms with van der Waals surface area (Å²) in [7, 11) is 0. The molecule has 0 aliphatic heterocycles. The number of aromatic nitrogens is 2. The number of rotatable bonds is 4. The SMILES string of the molecule is O=C(c1ccc2ncsc2c1)N(Cc1nccs1)C1CCCCC1. The van der Waals surface area contributed by atoms with E-state index in [0.717, 1.165) is 33.6 Å². The summed E-state index contributed by atoms with van der Waals surface area (Å²) in [6.45, 7) is 0.613. The van der Waals surface area contributed by atoms with Crippen LogP contribution < -0.4 is 0 Å². The standard InChI is InChI=1S/C18H19N3OS2/c22-18(13-6-7-15-16(10-13)24-12-20-15)21(11-17-19-8-9-23-17)14-4-2-1-3-5-14/h6-10,12,14H,1-5,11H2. The predicted molar refractivity (Wildman–Crippen MR) is 98.5 cm³/mol. The number of carbonyl (C=O) groups is 1. The zero-order valence-electron chi connectivity index (χ0n) is 13.4. The minimum absolute atomic E-state index is 0.118. The molecule has 0 unspecified atom stereocenters. The van der Waals surface area contributed by atoms with Gasteiger partial charge < -0.3 is 4.90 Å². The summed E-state index contributed by atoms with van der Waals surface area (Å²) < 4.78 is 1.07. The fraction of sp³-hybridized carbons (Fsp3) is 0.389. The van der Waals surface area contributed by atoms with Crippen molar-refractivity contribution in [2.24, 2.45) is 0 Å². The van der Waals surface area contributed by atoms with Crippen LogP contribution in [0.1, 0.15) is 47.5 Å². The third kappa shape index (κ3) is 3.21. The van der Waals surface area contributed by atoms with Crippen LogP contribution in [0.3, 0.4) is 0 Å². The highest BCUT2D eigenvalue weighted by Crippen LogP contribution is 2.27. The minimum Gasteiger partial charge on any atom is -0.329 e. The average molecular weight is 358 g/mol. The minimum atomic E-state index is 0.118. The molecule has 6 heteroatoms. The highest BCUT2D eigenvalue weighted by Gasteiger charge is 2.27. The Balaban J connectivity index is 1.63. The number of hydrogen-bond acceptors (Lipinski definition) is 5. The first-order chi connectivity index (χ1) is 11.8. The zero-order valence-corrected chi connectivity index (χ0v) is 15.0. The van der Waals surface area contributed by atoms with Crippen molar-refractivity contribution in [2.45, 2.75) is 44.7 Å². The van der Waals surface area contributed by atoms with E-state index in [0.29, 0.717) is 12.6 Å². The van der Waals surface area contributed by atoms with Crippen molar-refractivity contribution in [3.05, 3.63) is 45.9 Å². The first kappa shape index (κ1) is 15.7. The lowest BCUT2D eigenvalue weighted by atomic mass is 9.93. The molecule has 1 aliphatic carbocycles. The molecule has 2 aromatic heterocycles. The lowest BCUT2D eigenvalue weighted by molar-refractivity contribution is 0.0614. The van der Waals surface area contributed by atoms with E-state index in [1.165, 1.54) is 19.3 Å². The van der Waals surface area contributed by atoms with Crippen LogP contribution in [0.15, 0.2) is 35.3 Å². The van der Waals surface area contributed by atoms with Gasteiger partial charge in [0.05, 0.1) is 22.3 Å². The van der Waals surface area contributed by atoms with Gasteiger partial charge in [0.25, 0.3) is 5.91 Å². The Bertz CT molecular complexity index is 822. The molecule has 1 aromatic carbocycles. The Morgan fingerprint density at radius 2 is 2.04 bits per heavy atom. The molecule has 0 radical (unpaired) electrons. The molecule has 4 rings (SSSR count). The normalized spacial score (nSPS) is 15.7. The molecular weight excluding hydrogens is 338 g/mol. The second-order valence-corrected chi connectivity index (χ2v) is 8.05. The molecule has 1 saturated carbocycles. The fourth-order valence-corrected chi connectivity index (χ4v) is 4.72. The molecule has 0 atom stereocenters. The van der Waals surface area contributed by atoms with E-state index in [1.807, 2.05) is 40.2 Å². The Morgan fingerprint density at radius 1 is 1.17 bits per heavy atom. The molecule has 2 heterocycles. The van der Waals surface area contributed by atoms with E-state index < -0.39 is 0 Å². The molecule has 24 heavy (non-hydrogen) atoms. The maximum absolute atomic E-state index is 13.2. The van der Waals surface area contributed by atoms with Gasteiger partial charge in [-0.3, -0.25) is 4.79 Å². The van der Waals surface area contributed by atoms with Gasteiger partial charge in [0, 0.05) is 23.2 Å². The molecule has 0 spiro atoms. The predicted octanol–water partition coefficient (Wildman–Crippen LogP) is 4.73. The second kappa shape index (κ2) is 6.99. The highest BCUT2D eigenvalue weighted by molar-refractivity contribution is 7.16. The molecule has 0 N–H and O–H groups in total. The Kier molecular flexibility index (Phi) is 4.58. The van der Waals surface area contributed by atoms with E-state index in [1.54, 1.807) is 22.7 Å². The fourth-order valence-electron chi connectivity index (χ4n) is 3.39. The van der Waals surface area contributed by atoms with Crippen molar-refractivity contribution in [1.29, 1.82) is 0 Å². The van der Waals surface area contributed by atoms with Gasteiger partial charge in [-0.15, -0.1) is 22.7 Å². The third-order valence-electron chi connectivity index (χ3n) is 4.64. The van der Waals surface area contributed by atoms with Gasteiger partial charge in [-0.2, -0.15) is 0 Å². The molecule has 0 bridgehead atoms. The quantitative estimate of drug-likeness (QED) is 0.678. The largest absolute Gasteiger partial charge is 0.329 e. The van der Waals surface area contributed by atoms with E-state index in [-0.39, 0.29) is 5.91 Å². The summed E-state index contributed by atoms with van der Waals surface area (Å²) in [6.07, 6.45) is 7.70. The van der Waals surface area contributed by atoms with Gasteiger partial charge in [-0.1, -0.05) is 19.3 Å². The van der Waals surface area contributed by atoms with Crippen LogP contribution >= 0.6 is 22.7 Å². The number of thiazole rings is 2. The highest BCUT2D eigenvalue weighted by atomic mass is 32.1. The summed E-state index contributed by atoms with van der Waals surface area (Å²) in [5.41, 5.74) is 3.54. The number of benzene rings is 1. The Hall–Kier alpha value is -1.79. The van der Waals surface area contributed by atoms with Crippen molar-refractivity contribution in [3.8, 4) is 0 Å². The third-order valence-corrected chi connectivity index (χ3v) is 6.20. The number of amides is 1. The molecule has 124 valence electrons. The van der Waals surface area contributed by atoms with Crippen LogP contribution in [0.4, 0.5) is 0 Å². The lowest BCUT2D eigenvalue weighted by Crippen LogP contribution is -2.41. The maximum Gasteiger partial charge on any atom is 0.254 e. The van der Waals surface area contributed by atoms with E-state index in [2.05, 4.69) is 9.97 Å². The molecular formula is C18H19N3OS2. The van der Waals surface area contributed by atoms with Gasteiger partial charge >= 0.3 is 0 Å². The van der Waals surface area contributed by atoms with Crippen molar-refractivity contribution < 1.29 is 4.79 Å². The molecule has 1 amide bonds. The van der Waals surface area contributed by atoms with Crippen molar-refractivity contribution in [2.75, 3.05) is 0 Å². The van der Waals surface area contributed by atoms with Gasteiger partial charge in [0.1, 0.15) is 5.01 Å². The summed E-state index contributed by atoms with van der Waals surface area (Å²) >= 11 is 3.20. The summed E-state index contributed by atoms with van der Waals surface area (Å²) in [5.74, 6) is 0.118. The first-order valence-electron chi connectivity index (χ1n) is 8.34. The van der Waals surface area contributed by atoms with Gasteiger partial charge in [0.15, 0.2) is 0 Å². The summed E-state index contributed by atoms with van der Waals surface area (Å²) in [4.78, 5) is 24.0. The van der Waals surface area contributed by atoms with E-state index >= 15 is 0 Å². The molecule has 4 nitrogen and oxygen atoms in total. The summed E-state index contributed by atoms with van der Waals surface area (Å²) in [5, 5.41) is 2.98. The van der Waals surface area contributed by atoms with Crippen molar-refractivity contribution >= 4 is 38.8 Å². The monoisotopic (exact) mass is 357 g/mol. The average Bonchev–Trinajstić information content (AvgIpc) is 3.30. The number of carbonyl (C=O) groups excluding carboxylic acids is 1. The van der Waals surface area contributed by atoms with Crippen molar-refractivity contribution in [1.82, 2.24) is 14.9 Å². The molecule has 1 fully saturated rings. The molecule has 0 saturated heterocycles. The van der Waals surface area contributed by atoms with Crippen LogP contribution in [0, 0.1) is 0 Å². The lowest BCUT2D eigenvalue weighted by Gasteiger charge is -2.34. The molecule has 1 aliphatic rings. The van der Waals surface area contributed by atoms with Gasteiger partial charge in [0.2, 0.25) is 0 Å². The molecule has 3 aromatic rings. The Labute approximate surface area is 149 Å². The van der Waals surface area contributed by atoms with Crippen LogP contribution in [-0.4, -0.2) is 26.8 Å². The smallest absolute Gasteiger partial charge is 0.254 e. The maximum atomic E-state index is 13.2. The van der Waals surface area contributed by atoms with Gasteiger partial charge in [-0.25, -0.2) is 9.97 Å². The number of fused-ring (bicyclic) bond motifs is 1. The number of nitrogens with zero attached hydrogens (tertiary/aromatic N) is 3. The van der Waals surface area contributed by atoms with Crippen LogP contribution in [-0.2, 0) is 6.54 Å². The first-order valence-corrected chi connectivity index (χ1v) is 10.1. The van der Waals surface area contributed by atoms with Crippen LogP contribution in [0.5, 0.6) is 0 Å². The van der Waals surface area contributed by atoms with Crippen LogP contribution in [0.25, 0.3) is 10.2 Å². The number of hydrogen-bond donors (Lipinski definition) is 0.